The Hall–Kier alpha value is -1.26. The molecule has 1 aromatic carbocycles. The lowest BCUT2D eigenvalue weighted by Gasteiger charge is -2.13. The fourth-order valence-corrected chi connectivity index (χ4v) is 2.77. The van der Waals surface area contributed by atoms with Crippen LogP contribution in [-0.2, 0) is 13.0 Å². The Morgan fingerprint density at radius 3 is 2.47 bits per heavy atom. The van der Waals surface area contributed by atoms with Crippen molar-refractivity contribution in [3.8, 4) is 0 Å². The topological polar surface area (TPSA) is 12.0 Å². The highest BCUT2D eigenvalue weighted by molar-refractivity contribution is 7.11. The SMILES string of the molecule is CCc1ccc(CNC(C)c2ccc(F)c(F)c2)s1. The second kappa shape index (κ2) is 6.26. The Kier molecular flexibility index (Phi) is 4.66. The molecule has 1 unspecified atom stereocenters. The molecule has 0 bridgehead atoms. The molecule has 0 aliphatic carbocycles. The second-order valence-electron chi connectivity index (χ2n) is 4.50. The van der Waals surface area contributed by atoms with Crippen LogP contribution in [0.5, 0.6) is 0 Å². The van der Waals surface area contributed by atoms with Gasteiger partial charge in [-0.25, -0.2) is 8.78 Å². The molecular formula is C15H17F2NS. The number of aryl methyl sites for hydroxylation is 1. The van der Waals surface area contributed by atoms with Crippen LogP contribution in [0.15, 0.2) is 30.3 Å². The minimum absolute atomic E-state index is 0.0118. The highest BCUT2D eigenvalue weighted by Gasteiger charge is 2.09. The average Bonchev–Trinajstić information content (AvgIpc) is 2.87. The molecular weight excluding hydrogens is 264 g/mol. The first-order chi connectivity index (χ1) is 9.10. The summed E-state index contributed by atoms with van der Waals surface area (Å²) in [5.41, 5.74) is 0.756. The standard InChI is InChI=1S/C15H17F2NS/c1-3-12-5-6-13(19-12)9-18-10(2)11-4-7-14(16)15(17)8-11/h4-8,10,18H,3,9H2,1-2H3. The van der Waals surface area contributed by atoms with Crippen molar-refractivity contribution in [2.75, 3.05) is 0 Å². The first-order valence-electron chi connectivity index (χ1n) is 6.36. The van der Waals surface area contributed by atoms with Gasteiger partial charge >= 0.3 is 0 Å². The summed E-state index contributed by atoms with van der Waals surface area (Å²) in [4.78, 5) is 2.61. The van der Waals surface area contributed by atoms with Gasteiger partial charge in [0, 0.05) is 22.3 Å². The first kappa shape index (κ1) is 14.2. The number of nitrogens with one attached hydrogen (secondary N) is 1. The van der Waals surface area contributed by atoms with E-state index >= 15 is 0 Å². The van der Waals surface area contributed by atoms with E-state index in [2.05, 4.69) is 24.4 Å². The van der Waals surface area contributed by atoms with E-state index in [0.29, 0.717) is 0 Å². The third-order valence-electron chi connectivity index (χ3n) is 3.09. The van der Waals surface area contributed by atoms with E-state index in [1.54, 1.807) is 17.4 Å². The third kappa shape index (κ3) is 3.61. The summed E-state index contributed by atoms with van der Waals surface area (Å²) in [6, 6.07) is 8.25. The van der Waals surface area contributed by atoms with Gasteiger partial charge in [-0.15, -0.1) is 11.3 Å². The summed E-state index contributed by atoms with van der Waals surface area (Å²) in [5, 5.41) is 3.32. The predicted octanol–water partition coefficient (Wildman–Crippen LogP) is 4.44. The fraction of sp³-hybridized carbons (Fsp3) is 0.333. The Balaban J connectivity index is 1.96. The molecule has 0 aliphatic heterocycles. The maximum Gasteiger partial charge on any atom is 0.159 e. The molecule has 0 fully saturated rings. The van der Waals surface area contributed by atoms with Crippen LogP contribution in [0.2, 0.25) is 0 Å². The van der Waals surface area contributed by atoms with Gasteiger partial charge in [-0.3, -0.25) is 0 Å². The second-order valence-corrected chi connectivity index (χ2v) is 5.75. The lowest BCUT2D eigenvalue weighted by atomic mass is 10.1. The molecule has 2 rings (SSSR count). The quantitative estimate of drug-likeness (QED) is 0.854. The molecule has 0 saturated carbocycles. The zero-order valence-corrected chi connectivity index (χ0v) is 11.9. The largest absolute Gasteiger partial charge is 0.305 e. The minimum Gasteiger partial charge on any atom is -0.305 e. The molecule has 1 heterocycles. The van der Waals surface area contributed by atoms with E-state index in [0.717, 1.165) is 18.5 Å². The summed E-state index contributed by atoms with van der Waals surface area (Å²) in [7, 11) is 0. The van der Waals surface area contributed by atoms with Crippen LogP contribution in [0, 0.1) is 11.6 Å². The molecule has 1 aromatic heterocycles. The van der Waals surface area contributed by atoms with E-state index in [4.69, 9.17) is 0 Å². The summed E-state index contributed by atoms with van der Waals surface area (Å²) in [5.74, 6) is -1.60. The van der Waals surface area contributed by atoms with Gasteiger partial charge in [0.2, 0.25) is 0 Å². The van der Waals surface area contributed by atoms with E-state index in [1.165, 1.54) is 21.9 Å². The number of rotatable bonds is 5. The van der Waals surface area contributed by atoms with Crippen LogP contribution >= 0.6 is 11.3 Å². The Morgan fingerprint density at radius 1 is 1.11 bits per heavy atom. The number of thiophene rings is 1. The molecule has 2 aromatic rings. The smallest absolute Gasteiger partial charge is 0.159 e. The van der Waals surface area contributed by atoms with Crippen LogP contribution in [0.1, 0.15) is 35.2 Å². The van der Waals surface area contributed by atoms with Crippen LogP contribution < -0.4 is 5.32 Å². The van der Waals surface area contributed by atoms with Gasteiger partial charge in [-0.05, 0) is 43.2 Å². The van der Waals surface area contributed by atoms with Crippen molar-refractivity contribution in [3.63, 3.8) is 0 Å². The van der Waals surface area contributed by atoms with Crippen molar-refractivity contribution >= 4 is 11.3 Å². The Morgan fingerprint density at radius 2 is 1.84 bits per heavy atom. The molecule has 1 atom stereocenters. The normalized spacial score (nSPS) is 12.6. The Labute approximate surface area is 116 Å². The van der Waals surface area contributed by atoms with Gasteiger partial charge in [0.25, 0.3) is 0 Å². The van der Waals surface area contributed by atoms with E-state index in [9.17, 15) is 8.78 Å². The zero-order valence-electron chi connectivity index (χ0n) is 11.0. The molecule has 0 radical (unpaired) electrons. The first-order valence-corrected chi connectivity index (χ1v) is 7.17. The van der Waals surface area contributed by atoms with Crippen LogP contribution in [0.4, 0.5) is 8.78 Å². The molecule has 0 saturated heterocycles. The van der Waals surface area contributed by atoms with Gasteiger partial charge in [-0.2, -0.15) is 0 Å². The fourth-order valence-electron chi connectivity index (χ4n) is 1.86. The lowest BCUT2D eigenvalue weighted by molar-refractivity contribution is 0.501. The molecule has 4 heteroatoms. The third-order valence-corrected chi connectivity index (χ3v) is 4.32. The molecule has 0 aliphatic rings. The summed E-state index contributed by atoms with van der Waals surface area (Å²) >= 11 is 1.78. The van der Waals surface area contributed by atoms with Crippen molar-refractivity contribution in [1.82, 2.24) is 5.32 Å². The van der Waals surface area contributed by atoms with Crippen molar-refractivity contribution in [2.45, 2.75) is 32.9 Å². The minimum atomic E-state index is -0.804. The van der Waals surface area contributed by atoms with Crippen LogP contribution in [-0.4, -0.2) is 0 Å². The highest BCUT2D eigenvalue weighted by atomic mass is 32.1. The van der Waals surface area contributed by atoms with Crippen molar-refractivity contribution in [2.24, 2.45) is 0 Å². The molecule has 1 N–H and O–H groups in total. The summed E-state index contributed by atoms with van der Waals surface area (Å²) in [6.07, 6.45) is 1.05. The van der Waals surface area contributed by atoms with Gasteiger partial charge in [0.15, 0.2) is 11.6 Å². The van der Waals surface area contributed by atoms with Crippen molar-refractivity contribution in [1.29, 1.82) is 0 Å². The number of hydrogen-bond donors (Lipinski definition) is 1. The molecule has 0 amide bonds. The molecule has 102 valence electrons. The Bertz CT molecular complexity index is 551. The van der Waals surface area contributed by atoms with Crippen molar-refractivity contribution < 1.29 is 8.78 Å². The highest BCUT2D eigenvalue weighted by Crippen LogP contribution is 2.19. The van der Waals surface area contributed by atoms with Gasteiger partial charge in [0.1, 0.15) is 0 Å². The summed E-state index contributed by atoms with van der Waals surface area (Å²) in [6.45, 7) is 4.82. The average molecular weight is 281 g/mol. The monoisotopic (exact) mass is 281 g/mol. The maximum atomic E-state index is 13.2. The number of halogens is 2. The van der Waals surface area contributed by atoms with Crippen LogP contribution in [0.3, 0.4) is 0 Å². The van der Waals surface area contributed by atoms with Crippen LogP contribution in [0.25, 0.3) is 0 Å². The van der Waals surface area contributed by atoms with Gasteiger partial charge in [0.05, 0.1) is 0 Å². The van der Waals surface area contributed by atoms with Crippen molar-refractivity contribution in [3.05, 3.63) is 57.3 Å². The lowest BCUT2D eigenvalue weighted by Crippen LogP contribution is -2.17. The molecule has 0 spiro atoms. The van der Waals surface area contributed by atoms with E-state index in [-0.39, 0.29) is 6.04 Å². The predicted molar refractivity (Wildman–Crippen MR) is 75.3 cm³/mol. The number of benzene rings is 1. The van der Waals surface area contributed by atoms with E-state index < -0.39 is 11.6 Å². The molecule has 19 heavy (non-hydrogen) atoms. The summed E-state index contributed by atoms with van der Waals surface area (Å²) < 4.78 is 26.0. The number of hydrogen-bond acceptors (Lipinski definition) is 2. The van der Waals surface area contributed by atoms with Gasteiger partial charge < -0.3 is 5.32 Å². The molecule has 1 nitrogen and oxygen atoms in total. The maximum absolute atomic E-state index is 13.2. The zero-order chi connectivity index (χ0) is 13.8. The van der Waals surface area contributed by atoms with Gasteiger partial charge in [-0.1, -0.05) is 13.0 Å². The van der Waals surface area contributed by atoms with E-state index in [1.807, 2.05) is 6.92 Å².